The number of hydrogen-bond acceptors (Lipinski definition) is 5. The predicted octanol–water partition coefficient (Wildman–Crippen LogP) is 2.66. The van der Waals surface area contributed by atoms with Gasteiger partial charge in [0.2, 0.25) is 0 Å². The molecule has 3 fully saturated rings. The van der Waals surface area contributed by atoms with Crippen molar-refractivity contribution in [3.8, 4) is 0 Å². The van der Waals surface area contributed by atoms with Crippen molar-refractivity contribution in [2.45, 2.75) is 58.0 Å². The van der Waals surface area contributed by atoms with Gasteiger partial charge >= 0.3 is 0 Å². The van der Waals surface area contributed by atoms with Crippen LogP contribution in [0.2, 0.25) is 0 Å². The standard InChI is InChI=1S/C22H38N6S/c1-3-21-25-19(17-29-21)15-26-11-6-18(7-12-26)14-24-22(23-2)28-13-8-20(16-28)27-9-4-5-10-27/h17-18,20H,3-16H2,1-2H3,(H,23,24). The highest BCUT2D eigenvalue weighted by Crippen LogP contribution is 2.22. The molecule has 3 aliphatic heterocycles. The molecule has 3 saturated heterocycles. The van der Waals surface area contributed by atoms with Gasteiger partial charge in [0.1, 0.15) is 0 Å². The first kappa shape index (κ1) is 21.1. The van der Waals surface area contributed by atoms with E-state index in [1.807, 2.05) is 7.05 Å². The molecule has 4 rings (SSSR count). The summed E-state index contributed by atoms with van der Waals surface area (Å²) in [7, 11) is 1.94. The Kier molecular flexibility index (Phi) is 7.43. The molecule has 6 nitrogen and oxygen atoms in total. The first-order valence-electron chi connectivity index (χ1n) is 11.6. The van der Waals surface area contributed by atoms with Crippen LogP contribution in [0.4, 0.5) is 0 Å². The highest BCUT2D eigenvalue weighted by atomic mass is 32.1. The fraction of sp³-hybridized carbons (Fsp3) is 0.818. The average molecular weight is 419 g/mol. The molecule has 0 saturated carbocycles. The molecule has 4 heterocycles. The fourth-order valence-electron chi connectivity index (χ4n) is 5.07. The van der Waals surface area contributed by atoms with Crippen LogP contribution in [-0.4, -0.2) is 84.5 Å². The molecule has 1 N–H and O–H groups in total. The van der Waals surface area contributed by atoms with Crippen LogP contribution in [0.3, 0.4) is 0 Å². The molecule has 0 aromatic carbocycles. The number of likely N-dealkylation sites (tertiary alicyclic amines) is 3. The normalized spacial score (nSPS) is 25.2. The van der Waals surface area contributed by atoms with Gasteiger partial charge in [-0.25, -0.2) is 4.98 Å². The SMILES string of the molecule is CCc1nc(CN2CCC(CNC(=NC)N3CCC(N4CCCC4)C3)CC2)cs1. The van der Waals surface area contributed by atoms with Crippen LogP contribution in [0.1, 0.15) is 49.7 Å². The van der Waals surface area contributed by atoms with Gasteiger partial charge < -0.3 is 10.2 Å². The smallest absolute Gasteiger partial charge is 0.193 e. The van der Waals surface area contributed by atoms with Crippen LogP contribution >= 0.6 is 11.3 Å². The largest absolute Gasteiger partial charge is 0.356 e. The summed E-state index contributed by atoms with van der Waals surface area (Å²) in [6.45, 7) is 11.5. The van der Waals surface area contributed by atoms with Crippen molar-refractivity contribution in [3.63, 3.8) is 0 Å². The zero-order chi connectivity index (χ0) is 20.1. The quantitative estimate of drug-likeness (QED) is 0.568. The van der Waals surface area contributed by atoms with Crippen molar-refractivity contribution >= 4 is 17.3 Å². The number of aromatic nitrogens is 1. The van der Waals surface area contributed by atoms with Crippen molar-refractivity contribution in [2.24, 2.45) is 10.9 Å². The van der Waals surface area contributed by atoms with Crippen LogP contribution in [-0.2, 0) is 13.0 Å². The van der Waals surface area contributed by atoms with Gasteiger partial charge in [-0.15, -0.1) is 11.3 Å². The van der Waals surface area contributed by atoms with Crippen LogP contribution in [0, 0.1) is 5.92 Å². The summed E-state index contributed by atoms with van der Waals surface area (Å²) in [5, 5.41) is 7.20. The van der Waals surface area contributed by atoms with E-state index < -0.39 is 0 Å². The van der Waals surface area contributed by atoms with E-state index in [2.05, 4.69) is 37.3 Å². The zero-order valence-corrected chi connectivity index (χ0v) is 19.1. The topological polar surface area (TPSA) is 47.0 Å². The molecule has 7 heteroatoms. The minimum atomic E-state index is 0.734. The van der Waals surface area contributed by atoms with E-state index in [0.29, 0.717) is 0 Å². The van der Waals surface area contributed by atoms with E-state index >= 15 is 0 Å². The van der Waals surface area contributed by atoms with Gasteiger partial charge in [0.05, 0.1) is 10.7 Å². The number of guanidine groups is 1. The summed E-state index contributed by atoms with van der Waals surface area (Å²) in [5.41, 5.74) is 1.26. The Morgan fingerprint density at radius 3 is 2.66 bits per heavy atom. The Balaban J connectivity index is 1.17. The van der Waals surface area contributed by atoms with Crippen LogP contribution in [0.25, 0.3) is 0 Å². The molecule has 162 valence electrons. The Hall–Kier alpha value is -1.18. The molecule has 1 unspecified atom stereocenters. The molecule has 0 aliphatic carbocycles. The lowest BCUT2D eigenvalue weighted by molar-refractivity contribution is 0.176. The second kappa shape index (κ2) is 10.2. The lowest BCUT2D eigenvalue weighted by atomic mass is 9.97. The molecule has 29 heavy (non-hydrogen) atoms. The van der Waals surface area contributed by atoms with Gasteiger partial charge in [0.15, 0.2) is 5.96 Å². The predicted molar refractivity (Wildman–Crippen MR) is 122 cm³/mol. The first-order chi connectivity index (χ1) is 14.2. The molecule has 1 atom stereocenters. The van der Waals surface area contributed by atoms with E-state index in [-0.39, 0.29) is 0 Å². The second-order valence-electron chi connectivity index (χ2n) is 8.87. The molecule has 0 spiro atoms. The molecule has 3 aliphatic rings. The number of hydrogen-bond donors (Lipinski definition) is 1. The molecular formula is C22H38N6S. The minimum absolute atomic E-state index is 0.734. The monoisotopic (exact) mass is 418 g/mol. The van der Waals surface area contributed by atoms with Crippen molar-refractivity contribution in [1.82, 2.24) is 25.0 Å². The summed E-state index contributed by atoms with van der Waals surface area (Å²) >= 11 is 1.80. The van der Waals surface area contributed by atoms with Gasteiger partial charge in [0, 0.05) is 44.6 Å². The second-order valence-corrected chi connectivity index (χ2v) is 9.81. The third-order valence-corrected chi connectivity index (χ3v) is 7.92. The Morgan fingerprint density at radius 1 is 1.17 bits per heavy atom. The summed E-state index contributed by atoms with van der Waals surface area (Å²) in [6.07, 6.45) is 7.64. The molecular weight excluding hydrogens is 380 g/mol. The van der Waals surface area contributed by atoms with Crippen LogP contribution in [0.15, 0.2) is 10.4 Å². The average Bonchev–Trinajstić information content (AvgIpc) is 3.51. The molecule has 0 radical (unpaired) electrons. The van der Waals surface area contributed by atoms with Crippen molar-refractivity contribution < 1.29 is 0 Å². The van der Waals surface area contributed by atoms with E-state index in [0.717, 1.165) is 50.5 Å². The maximum atomic E-state index is 4.73. The van der Waals surface area contributed by atoms with Crippen molar-refractivity contribution in [1.29, 1.82) is 0 Å². The summed E-state index contributed by atoms with van der Waals surface area (Å²) < 4.78 is 0. The molecule has 0 bridgehead atoms. The zero-order valence-electron chi connectivity index (χ0n) is 18.3. The number of nitrogens with zero attached hydrogens (tertiary/aromatic N) is 5. The van der Waals surface area contributed by atoms with Crippen molar-refractivity contribution in [2.75, 3.05) is 52.9 Å². The highest BCUT2D eigenvalue weighted by molar-refractivity contribution is 7.09. The van der Waals surface area contributed by atoms with Gasteiger partial charge in [-0.05, 0) is 70.6 Å². The van der Waals surface area contributed by atoms with Crippen molar-refractivity contribution in [3.05, 3.63) is 16.1 Å². The Bertz CT molecular complexity index is 660. The van der Waals surface area contributed by atoms with E-state index in [1.165, 1.54) is 69.0 Å². The number of rotatable bonds is 6. The summed E-state index contributed by atoms with van der Waals surface area (Å²) in [5.74, 6) is 1.87. The number of thiazole rings is 1. The number of aliphatic imine (C=N–C) groups is 1. The minimum Gasteiger partial charge on any atom is -0.356 e. The maximum Gasteiger partial charge on any atom is 0.193 e. The molecule has 1 aromatic rings. The lowest BCUT2D eigenvalue weighted by Gasteiger charge is -2.32. The van der Waals surface area contributed by atoms with E-state index in [1.54, 1.807) is 11.3 Å². The maximum absolute atomic E-state index is 4.73. The summed E-state index contributed by atoms with van der Waals surface area (Å²) in [6, 6.07) is 0.734. The van der Waals surface area contributed by atoms with Gasteiger partial charge in [-0.3, -0.25) is 14.8 Å². The highest BCUT2D eigenvalue weighted by Gasteiger charge is 2.31. The first-order valence-corrected chi connectivity index (χ1v) is 12.5. The Morgan fingerprint density at radius 2 is 1.97 bits per heavy atom. The lowest BCUT2D eigenvalue weighted by Crippen LogP contribution is -2.45. The number of piperidine rings is 1. The van der Waals surface area contributed by atoms with Crippen LogP contribution in [0.5, 0.6) is 0 Å². The number of nitrogens with one attached hydrogen (secondary N) is 1. The number of aryl methyl sites for hydroxylation is 1. The molecule has 0 amide bonds. The summed E-state index contributed by atoms with van der Waals surface area (Å²) in [4.78, 5) is 17.1. The third kappa shape index (κ3) is 5.50. The molecule has 1 aromatic heterocycles. The van der Waals surface area contributed by atoms with Gasteiger partial charge in [0.25, 0.3) is 0 Å². The van der Waals surface area contributed by atoms with Gasteiger partial charge in [-0.1, -0.05) is 6.92 Å². The Labute approximate surface area is 180 Å². The van der Waals surface area contributed by atoms with Crippen LogP contribution < -0.4 is 5.32 Å². The van der Waals surface area contributed by atoms with E-state index in [4.69, 9.17) is 4.98 Å². The fourth-order valence-corrected chi connectivity index (χ4v) is 5.80. The van der Waals surface area contributed by atoms with E-state index in [9.17, 15) is 0 Å². The third-order valence-electron chi connectivity index (χ3n) is 6.88. The van der Waals surface area contributed by atoms with Gasteiger partial charge in [-0.2, -0.15) is 0 Å².